The molecule has 1 aliphatic rings. The van der Waals surface area contributed by atoms with Crippen LogP contribution >= 0.6 is 35.1 Å². The van der Waals surface area contributed by atoms with Crippen LogP contribution in [0.3, 0.4) is 0 Å². The number of nitrogens with one attached hydrogen (secondary N) is 2. The zero-order valence-electron chi connectivity index (χ0n) is 18.1. The molecule has 0 spiro atoms. The summed E-state index contributed by atoms with van der Waals surface area (Å²) < 4.78 is 29.1. The zero-order valence-corrected chi connectivity index (χ0v) is 20.4. The predicted octanol–water partition coefficient (Wildman–Crippen LogP) is 5.31. The maximum atomic E-state index is 13.9. The predicted molar refractivity (Wildman–Crippen MR) is 131 cm³/mol. The highest BCUT2D eigenvalue weighted by atomic mass is 35.5. The fraction of sp³-hybridized carbons (Fsp3) is 0.217. The minimum absolute atomic E-state index is 0.248. The third kappa shape index (κ3) is 5.85. The van der Waals surface area contributed by atoms with Crippen molar-refractivity contribution < 1.29 is 18.7 Å². The molecule has 2 N–H and O–H groups in total. The Hall–Kier alpha value is -2.72. The summed E-state index contributed by atoms with van der Waals surface area (Å²) in [6.45, 7) is 1.56. The number of fused-ring (bicyclic) bond motifs is 1. The van der Waals surface area contributed by atoms with Crippen molar-refractivity contribution in [3.05, 3.63) is 81.4 Å². The van der Waals surface area contributed by atoms with E-state index in [0.717, 1.165) is 34.3 Å². The average Bonchev–Trinajstić information content (AvgIpc) is 3.24. The van der Waals surface area contributed by atoms with Gasteiger partial charge in [0.2, 0.25) is 0 Å². The number of carbonyl (C=O) groups excluding carboxylic acids is 1. The van der Waals surface area contributed by atoms with Crippen LogP contribution in [0.1, 0.15) is 16.8 Å². The summed E-state index contributed by atoms with van der Waals surface area (Å²) in [6.07, 6.45) is 3.64. The number of carbonyl (C=O) groups is 1. The van der Waals surface area contributed by atoms with Gasteiger partial charge in [0.15, 0.2) is 0 Å². The first kappa shape index (κ1) is 24.4. The molecule has 0 unspecified atom stereocenters. The number of halogens is 3. The summed E-state index contributed by atoms with van der Waals surface area (Å²) >= 11 is 13.2. The van der Waals surface area contributed by atoms with E-state index in [9.17, 15) is 9.18 Å². The molecular formula is C23H21Cl2FN4O3S. The maximum absolute atomic E-state index is 13.9. The first-order chi connectivity index (χ1) is 16.4. The van der Waals surface area contributed by atoms with E-state index in [-0.39, 0.29) is 11.4 Å². The third-order valence-electron chi connectivity index (χ3n) is 5.07. The fourth-order valence-corrected chi connectivity index (χ4v) is 4.50. The smallest absolute Gasteiger partial charge is 0.325 e. The third-order valence-corrected chi connectivity index (χ3v) is 6.48. The van der Waals surface area contributed by atoms with Crippen LogP contribution in [0.15, 0.2) is 53.6 Å². The molecule has 34 heavy (non-hydrogen) atoms. The lowest BCUT2D eigenvalue weighted by atomic mass is 10.1. The number of nitrogens with zero attached hydrogens (tertiary/aromatic N) is 2. The van der Waals surface area contributed by atoms with Crippen molar-refractivity contribution in [3.8, 4) is 5.75 Å². The lowest BCUT2D eigenvalue weighted by Gasteiger charge is -2.19. The zero-order chi connectivity index (χ0) is 24.1. The Balaban J connectivity index is 1.39. The monoisotopic (exact) mass is 522 g/mol. The van der Waals surface area contributed by atoms with E-state index in [1.54, 1.807) is 18.3 Å². The average molecular weight is 523 g/mol. The molecule has 0 radical (unpaired) electrons. The standard InChI is InChI=1S/C23H21Cl2FN4O3S/c1-32-18-4-5-20(26)21(9-18)34-29-23(31)27-7-6-15-12-33-13-16-10-28-30(22(15)16)11-14-2-3-17(24)8-19(14)25/h2-6,8-10H,7,11-13H2,1H3,(H2,27,29,31)/b15-6+. The lowest BCUT2D eigenvalue weighted by Crippen LogP contribution is -2.31. The molecule has 11 heteroatoms. The summed E-state index contributed by atoms with van der Waals surface area (Å²) in [7, 11) is 1.49. The Labute approximate surface area is 210 Å². The van der Waals surface area contributed by atoms with Crippen LogP contribution in [0.5, 0.6) is 5.75 Å². The van der Waals surface area contributed by atoms with E-state index in [1.165, 1.54) is 25.3 Å². The molecule has 0 saturated heterocycles. The molecule has 2 aromatic carbocycles. The molecule has 1 aromatic heterocycles. The second-order valence-electron chi connectivity index (χ2n) is 7.34. The first-order valence-electron chi connectivity index (χ1n) is 10.2. The van der Waals surface area contributed by atoms with Gasteiger partial charge in [0.25, 0.3) is 0 Å². The summed E-state index contributed by atoms with van der Waals surface area (Å²) in [5.74, 6) is 0.0506. The Morgan fingerprint density at radius 3 is 2.94 bits per heavy atom. The van der Waals surface area contributed by atoms with Gasteiger partial charge in [-0.15, -0.1) is 0 Å². The highest BCUT2D eigenvalue weighted by Gasteiger charge is 2.21. The Bertz CT molecular complexity index is 1230. The molecule has 178 valence electrons. The van der Waals surface area contributed by atoms with Crippen LogP contribution in [-0.4, -0.2) is 36.1 Å². The van der Waals surface area contributed by atoms with Crippen LogP contribution in [-0.2, 0) is 17.9 Å². The lowest BCUT2D eigenvalue weighted by molar-refractivity contribution is 0.145. The molecule has 4 rings (SSSR count). The Morgan fingerprint density at radius 2 is 2.15 bits per heavy atom. The number of benzene rings is 2. The van der Waals surface area contributed by atoms with Gasteiger partial charge < -0.3 is 14.8 Å². The van der Waals surface area contributed by atoms with Crippen molar-refractivity contribution in [2.75, 3.05) is 20.3 Å². The fourth-order valence-electron chi connectivity index (χ4n) is 3.42. The second kappa shape index (κ2) is 11.1. The van der Waals surface area contributed by atoms with Crippen molar-refractivity contribution in [3.63, 3.8) is 0 Å². The topological polar surface area (TPSA) is 77.4 Å². The van der Waals surface area contributed by atoms with Crippen molar-refractivity contribution in [2.24, 2.45) is 0 Å². The molecule has 0 aliphatic carbocycles. The SMILES string of the molecule is COc1ccc(F)c(SNC(=O)NC/C=C2\COCc3cnn(Cc4ccc(Cl)cc4Cl)c32)c1. The van der Waals surface area contributed by atoms with E-state index < -0.39 is 11.8 Å². The van der Waals surface area contributed by atoms with Gasteiger partial charge in [0.1, 0.15) is 11.6 Å². The molecule has 0 bridgehead atoms. The molecule has 0 fully saturated rings. The quantitative estimate of drug-likeness (QED) is 0.411. The normalized spacial score (nSPS) is 14.1. The van der Waals surface area contributed by atoms with Crippen LogP contribution in [0, 0.1) is 5.82 Å². The van der Waals surface area contributed by atoms with E-state index in [0.29, 0.717) is 35.6 Å². The molecule has 2 amide bonds. The van der Waals surface area contributed by atoms with Crippen molar-refractivity contribution in [1.82, 2.24) is 19.8 Å². The van der Waals surface area contributed by atoms with Gasteiger partial charge in [0.05, 0.1) is 43.7 Å². The van der Waals surface area contributed by atoms with Gasteiger partial charge in [-0.25, -0.2) is 9.18 Å². The van der Waals surface area contributed by atoms with E-state index in [2.05, 4.69) is 15.1 Å². The minimum atomic E-state index is -0.456. The van der Waals surface area contributed by atoms with Crippen molar-refractivity contribution >= 4 is 46.8 Å². The van der Waals surface area contributed by atoms with Gasteiger partial charge in [-0.2, -0.15) is 5.10 Å². The summed E-state index contributed by atoms with van der Waals surface area (Å²) in [4.78, 5) is 12.4. The second-order valence-corrected chi connectivity index (χ2v) is 9.04. The van der Waals surface area contributed by atoms with Gasteiger partial charge in [-0.05, 0) is 47.8 Å². The van der Waals surface area contributed by atoms with E-state index in [4.69, 9.17) is 32.7 Å². The van der Waals surface area contributed by atoms with Gasteiger partial charge in [0, 0.05) is 27.7 Å². The maximum Gasteiger partial charge on any atom is 0.325 e. The molecule has 0 saturated carbocycles. The number of hydrogen-bond acceptors (Lipinski definition) is 5. The summed E-state index contributed by atoms with van der Waals surface area (Å²) in [6, 6.07) is 9.21. The van der Waals surface area contributed by atoms with Crippen LogP contribution in [0.2, 0.25) is 10.0 Å². The number of aromatic nitrogens is 2. The van der Waals surface area contributed by atoms with Crippen LogP contribution in [0.25, 0.3) is 5.57 Å². The first-order valence-corrected chi connectivity index (χ1v) is 11.8. The molecule has 1 aliphatic heterocycles. The Kier molecular flexibility index (Phi) is 7.99. The largest absolute Gasteiger partial charge is 0.497 e. The van der Waals surface area contributed by atoms with Crippen LogP contribution in [0.4, 0.5) is 9.18 Å². The van der Waals surface area contributed by atoms with Gasteiger partial charge >= 0.3 is 6.03 Å². The van der Waals surface area contributed by atoms with Crippen LogP contribution < -0.4 is 14.8 Å². The van der Waals surface area contributed by atoms with Gasteiger partial charge in [-0.3, -0.25) is 9.40 Å². The number of hydrogen-bond donors (Lipinski definition) is 2. The van der Waals surface area contributed by atoms with E-state index in [1.807, 2.05) is 16.8 Å². The number of rotatable bonds is 7. The van der Waals surface area contributed by atoms with E-state index >= 15 is 0 Å². The number of amides is 2. The van der Waals surface area contributed by atoms with Crippen molar-refractivity contribution in [1.29, 1.82) is 0 Å². The van der Waals surface area contributed by atoms with Crippen molar-refractivity contribution in [2.45, 2.75) is 18.0 Å². The van der Waals surface area contributed by atoms with Gasteiger partial charge in [-0.1, -0.05) is 35.3 Å². The molecule has 7 nitrogen and oxygen atoms in total. The number of urea groups is 1. The highest BCUT2D eigenvalue weighted by molar-refractivity contribution is 7.98. The molecule has 3 aromatic rings. The highest BCUT2D eigenvalue weighted by Crippen LogP contribution is 2.28. The summed E-state index contributed by atoms with van der Waals surface area (Å²) in [5.41, 5.74) is 3.68. The number of ether oxygens (including phenoxy) is 2. The Morgan fingerprint density at radius 1 is 1.29 bits per heavy atom. The molecule has 2 heterocycles. The molecule has 0 atom stereocenters. The number of methoxy groups -OCH3 is 1. The minimum Gasteiger partial charge on any atom is -0.497 e. The molecular weight excluding hydrogens is 502 g/mol. The summed E-state index contributed by atoms with van der Waals surface area (Å²) in [5, 5.41) is 8.36.